The predicted octanol–water partition coefficient (Wildman–Crippen LogP) is 3.94. The number of carboxylic acids is 1. The van der Waals surface area contributed by atoms with Crippen LogP contribution < -0.4 is 0 Å². The number of carbonyl (C=O) groups excluding carboxylic acids is 2. The van der Waals surface area contributed by atoms with Crippen molar-refractivity contribution in [2.45, 2.75) is 77.6 Å². The van der Waals surface area contributed by atoms with Crippen LogP contribution in [0.3, 0.4) is 0 Å². The van der Waals surface area contributed by atoms with Gasteiger partial charge in [-0.15, -0.1) is 0 Å². The normalized spacial score (nSPS) is 42.7. The monoisotopic (exact) mass is 482 g/mol. The van der Waals surface area contributed by atoms with Crippen molar-refractivity contribution in [1.29, 1.82) is 0 Å². The Hall–Kier alpha value is -2.51. The van der Waals surface area contributed by atoms with E-state index in [2.05, 4.69) is 13.8 Å². The van der Waals surface area contributed by atoms with Gasteiger partial charge in [0.25, 0.3) is 0 Å². The van der Waals surface area contributed by atoms with Gasteiger partial charge in [-0.25, -0.2) is 4.79 Å². The molecule has 1 aromatic rings. The van der Waals surface area contributed by atoms with Crippen LogP contribution in [0, 0.1) is 22.2 Å². The van der Waals surface area contributed by atoms with Crippen LogP contribution >= 0.6 is 0 Å². The van der Waals surface area contributed by atoms with Gasteiger partial charge < -0.3 is 19.7 Å². The number of rotatable bonds is 2. The number of fused-ring (bicyclic) bond motifs is 1. The Kier molecular flexibility index (Phi) is 5.35. The Bertz CT molecular complexity index is 1130. The van der Waals surface area contributed by atoms with Crippen molar-refractivity contribution in [3.8, 4) is 0 Å². The zero-order chi connectivity index (χ0) is 25.4. The molecule has 1 aliphatic heterocycles. The first kappa shape index (κ1) is 24.2. The van der Waals surface area contributed by atoms with E-state index in [0.717, 1.165) is 36.8 Å². The summed E-state index contributed by atoms with van der Waals surface area (Å²) in [6, 6.07) is 8.30. The van der Waals surface area contributed by atoms with Crippen molar-refractivity contribution in [3.05, 3.63) is 47.0 Å². The van der Waals surface area contributed by atoms with Crippen molar-refractivity contribution < 1.29 is 34.1 Å². The maximum absolute atomic E-state index is 13.7. The zero-order valence-corrected chi connectivity index (χ0v) is 20.8. The Morgan fingerprint density at radius 3 is 2.37 bits per heavy atom. The number of hydrogen-bond donors (Lipinski definition) is 2. The second-order valence-electron chi connectivity index (χ2n) is 11.4. The number of aliphatic hydroxyl groups is 1. The number of ketones is 1. The molecule has 1 spiro atoms. The molecule has 7 atom stereocenters. The highest BCUT2D eigenvalue weighted by atomic mass is 16.5. The van der Waals surface area contributed by atoms with E-state index >= 15 is 0 Å². The standard InChI is InChI=1S/C21H28O5.C7H6O2/c1-11-5-8-20(24)10-21-13-9-25-14(13)6-7-18(21,3)17(23)16(26-12(2)22)15(11)19(20,21)4;8-7(9)6-4-2-1-3-5-6/h13-14,16,24H,5-10H2,1-4H3;1-5H,(H,8,9)/t13-,14-,16-,18+,19+,20-,21?;/m1./s1. The van der Waals surface area contributed by atoms with Crippen molar-refractivity contribution in [2.75, 3.05) is 6.61 Å². The number of benzene rings is 1. The number of Topliss-reactive ketones (excluding diaryl/α,β-unsaturated/α-hetero) is 1. The molecular formula is C28H34O7. The molecule has 0 amide bonds. The van der Waals surface area contributed by atoms with E-state index in [1.165, 1.54) is 6.92 Å². The first-order chi connectivity index (χ1) is 16.4. The molecule has 4 aliphatic carbocycles. The summed E-state index contributed by atoms with van der Waals surface area (Å²) in [5, 5.41) is 20.0. The number of carboxylic acid groups (broad SMARTS) is 1. The number of esters is 1. The number of ether oxygens (including phenoxy) is 2. The van der Waals surface area contributed by atoms with E-state index in [9.17, 15) is 19.5 Å². The molecule has 5 aliphatic rings. The van der Waals surface area contributed by atoms with Crippen LogP contribution in [0.1, 0.15) is 70.2 Å². The third kappa shape index (κ3) is 2.88. The average Bonchev–Trinajstić information content (AvgIpc) is 2.78. The van der Waals surface area contributed by atoms with Gasteiger partial charge in [-0.2, -0.15) is 0 Å². The average molecular weight is 483 g/mol. The fourth-order valence-corrected chi connectivity index (χ4v) is 8.40. The summed E-state index contributed by atoms with van der Waals surface area (Å²) in [6.07, 6.45) is 3.09. The lowest BCUT2D eigenvalue weighted by molar-refractivity contribution is -0.371. The third-order valence-electron chi connectivity index (χ3n) is 10.1. The Balaban J connectivity index is 0.000000239. The number of hydrogen-bond acceptors (Lipinski definition) is 6. The van der Waals surface area contributed by atoms with Gasteiger partial charge in [-0.05, 0) is 56.7 Å². The SMILES string of the molecule is CC(=O)O[C@H]1C(=O)[C@]2(C)CC[C@H]3OC[C@H]3C23C[C@]2(O)CCC(C)=C1[C@]32C.O=C(O)c1ccccc1. The molecule has 1 unspecified atom stereocenters. The van der Waals surface area contributed by atoms with Gasteiger partial charge >= 0.3 is 11.9 Å². The van der Waals surface area contributed by atoms with Crippen LogP contribution in [-0.2, 0) is 19.1 Å². The lowest BCUT2D eigenvalue weighted by Crippen LogP contribution is -2.86. The van der Waals surface area contributed by atoms with Gasteiger partial charge in [0.05, 0.1) is 23.9 Å². The van der Waals surface area contributed by atoms with Gasteiger partial charge in [-0.3, -0.25) is 9.59 Å². The van der Waals surface area contributed by atoms with Gasteiger partial charge in [-0.1, -0.05) is 37.6 Å². The minimum atomic E-state index is -0.879. The summed E-state index contributed by atoms with van der Waals surface area (Å²) < 4.78 is 11.5. The van der Waals surface area contributed by atoms with Crippen molar-refractivity contribution in [1.82, 2.24) is 0 Å². The lowest BCUT2D eigenvalue weighted by atomic mass is 9.23. The summed E-state index contributed by atoms with van der Waals surface area (Å²) in [6.45, 7) is 8.27. The molecule has 1 heterocycles. The molecule has 0 radical (unpaired) electrons. The van der Waals surface area contributed by atoms with E-state index in [1.54, 1.807) is 30.3 Å². The molecule has 6 rings (SSSR count). The largest absolute Gasteiger partial charge is 0.478 e. The molecule has 4 fully saturated rings. The molecule has 0 bridgehead atoms. The highest BCUT2D eigenvalue weighted by molar-refractivity contribution is 5.97. The fourth-order valence-electron chi connectivity index (χ4n) is 8.40. The fraction of sp³-hybridized carbons (Fsp3) is 0.607. The predicted molar refractivity (Wildman–Crippen MR) is 127 cm³/mol. The van der Waals surface area contributed by atoms with Crippen molar-refractivity contribution in [3.63, 3.8) is 0 Å². The third-order valence-corrected chi connectivity index (χ3v) is 10.1. The molecule has 35 heavy (non-hydrogen) atoms. The summed E-state index contributed by atoms with van der Waals surface area (Å²) in [5.74, 6) is -0.975. The van der Waals surface area contributed by atoms with Crippen molar-refractivity contribution >= 4 is 17.7 Å². The second-order valence-corrected chi connectivity index (χ2v) is 11.4. The quantitative estimate of drug-likeness (QED) is 0.485. The van der Waals surface area contributed by atoms with Gasteiger partial charge in [0, 0.05) is 29.1 Å². The lowest BCUT2D eigenvalue weighted by Gasteiger charge is -2.82. The highest BCUT2D eigenvalue weighted by Crippen LogP contribution is 2.83. The maximum Gasteiger partial charge on any atom is 0.335 e. The van der Waals surface area contributed by atoms with Gasteiger partial charge in [0.15, 0.2) is 11.9 Å². The van der Waals surface area contributed by atoms with E-state index in [4.69, 9.17) is 14.6 Å². The summed E-state index contributed by atoms with van der Waals surface area (Å²) >= 11 is 0. The zero-order valence-electron chi connectivity index (χ0n) is 20.8. The summed E-state index contributed by atoms with van der Waals surface area (Å²) in [4.78, 5) is 35.8. The molecule has 188 valence electrons. The van der Waals surface area contributed by atoms with Crippen molar-refractivity contribution in [2.24, 2.45) is 22.2 Å². The Labute approximate surface area is 205 Å². The van der Waals surface area contributed by atoms with E-state index < -0.39 is 34.5 Å². The molecule has 2 N–H and O–H groups in total. The molecule has 7 nitrogen and oxygen atoms in total. The van der Waals surface area contributed by atoms with Crippen LogP contribution in [0.2, 0.25) is 0 Å². The van der Waals surface area contributed by atoms with E-state index in [0.29, 0.717) is 24.5 Å². The summed E-state index contributed by atoms with van der Waals surface area (Å²) in [7, 11) is 0. The number of carbonyl (C=O) groups is 3. The first-order valence-electron chi connectivity index (χ1n) is 12.5. The molecule has 0 aromatic heterocycles. The maximum atomic E-state index is 13.7. The second kappa shape index (κ2) is 7.74. The molecule has 7 heteroatoms. The molecular weight excluding hydrogens is 448 g/mol. The van der Waals surface area contributed by atoms with Crippen LogP contribution in [0.4, 0.5) is 0 Å². The Morgan fingerprint density at radius 1 is 1.14 bits per heavy atom. The van der Waals surface area contributed by atoms with Crippen LogP contribution in [0.5, 0.6) is 0 Å². The van der Waals surface area contributed by atoms with Gasteiger partial charge in [0.1, 0.15) is 0 Å². The first-order valence-corrected chi connectivity index (χ1v) is 12.5. The van der Waals surface area contributed by atoms with Crippen LogP contribution in [0.15, 0.2) is 41.5 Å². The minimum absolute atomic E-state index is 0.0359. The molecule has 1 aromatic carbocycles. The number of aromatic carboxylic acids is 1. The van der Waals surface area contributed by atoms with Crippen LogP contribution in [-0.4, -0.2) is 52.4 Å². The molecule has 3 saturated carbocycles. The topological polar surface area (TPSA) is 110 Å². The smallest absolute Gasteiger partial charge is 0.335 e. The minimum Gasteiger partial charge on any atom is -0.478 e. The molecule has 1 saturated heterocycles. The van der Waals surface area contributed by atoms with E-state index in [-0.39, 0.29) is 17.3 Å². The Morgan fingerprint density at radius 2 is 1.83 bits per heavy atom. The number of allylic oxidation sites excluding steroid dienone is 1. The van der Waals surface area contributed by atoms with E-state index in [1.807, 2.05) is 6.92 Å². The van der Waals surface area contributed by atoms with Gasteiger partial charge in [0.2, 0.25) is 0 Å². The summed E-state index contributed by atoms with van der Waals surface area (Å²) in [5.41, 5.74) is 0.110. The van der Waals surface area contributed by atoms with Crippen LogP contribution in [0.25, 0.3) is 0 Å². The highest BCUT2D eigenvalue weighted by Gasteiger charge is 2.86.